The van der Waals surface area contributed by atoms with E-state index in [2.05, 4.69) is 35.3 Å². The molecule has 186 valence electrons. The second-order valence-electron chi connectivity index (χ2n) is 8.13. The number of fused-ring (bicyclic) bond motifs is 1. The van der Waals surface area contributed by atoms with Crippen LogP contribution in [0.5, 0.6) is 5.75 Å². The molecule has 0 N–H and O–H groups in total. The Morgan fingerprint density at radius 1 is 0.703 bits per heavy atom. The molecule has 0 fully saturated rings. The lowest BCUT2D eigenvalue weighted by Gasteiger charge is -2.10. The van der Waals surface area contributed by atoms with E-state index in [1.54, 1.807) is 24.3 Å². The first-order valence-electron chi connectivity index (χ1n) is 11.2. The van der Waals surface area contributed by atoms with Gasteiger partial charge in [-0.15, -0.1) is 13.2 Å². The van der Waals surface area contributed by atoms with Crippen LogP contribution in [0.25, 0.3) is 10.8 Å². The van der Waals surface area contributed by atoms with Gasteiger partial charge in [0.1, 0.15) is 5.82 Å². The molecule has 4 aromatic carbocycles. The van der Waals surface area contributed by atoms with Crippen LogP contribution in [0.1, 0.15) is 41.2 Å². The molecule has 0 bridgehead atoms. The highest BCUT2D eigenvalue weighted by Crippen LogP contribution is 2.29. The lowest BCUT2D eigenvalue weighted by molar-refractivity contribution is -0.276. The van der Waals surface area contributed by atoms with Gasteiger partial charge in [-0.3, -0.25) is 0 Å². The average Bonchev–Trinajstić information content (AvgIpc) is 2.85. The summed E-state index contributed by atoms with van der Waals surface area (Å²) in [6.45, 7) is 2.12. The number of rotatable bonds is 3. The monoisotopic (exact) mass is 508 g/mol. The molecule has 0 spiro atoms. The van der Waals surface area contributed by atoms with Crippen LogP contribution < -0.4 is 4.74 Å². The molecule has 0 radical (unpaired) electrons. The number of halogens is 6. The highest BCUT2D eigenvalue weighted by atomic mass is 19.4. The highest BCUT2D eigenvalue weighted by Gasteiger charge is 2.34. The van der Waals surface area contributed by atoms with E-state index in [0.29, 0.717) is 23.1 Å². The third-order valence-corrected chi connectivity index (χ3v) is 5.36. The summed E-state index contributed by atoms with van der Waals surface area (Å²) in [6.07, 6.45) is -3.18. The summed E-state index contributed by atoms with van der Waals surface area (Å²) in [6, 6.07) is 17.2. The molecule has 0 aliphatic rings. The second-order valence-corrected chi connectivity index (χ2v) is 8.13. The van der Waals surface area contributed by atoms with Gasteiger partial charge < -0.3 is 4.74 Å². The summed E-state index contributed by atoms with van der Waals surface area (Å²) in [4.78, 5) is 0. The standard InChI is InChI=1S/C30H18F6O/c1-2-3-19-4-6-20(7-5-19)8-9-21-11-15-25-24(16-21)14-13-23(28(25)33)12-10-22-17-26(31)29(27(32)18-22)37-30(34,35)36/h4-7,11,13-18H,2-3H2,1H3. The molecule has 0 aliphatic heterocycles. The molecule has 4 rings (SSSR count). The smallest absolute Gasteiger partial charge is 0.399 e. The Hall–Kier alpha value is -4.36. The van der Waals surface area contributed by atoms with E-state index in [4.69, 9.17) is 0 Å². The van der Waals surface area contributed by atoms with E-state index in [-0.39, 0.29) is 16.5 Å². The van der Waals surface area contributed by atoms with Gasteiger partial charge in [-0.05, 0) is 59.8 Å². The Labute approximate surface area is 209 Å². The van der Waals surface area contributed by atoms with Crippen molar-refractivity contribution < 1.29 is 31.1 Å². The zero-order valence-electron chi connectivity index (χ0n) is 19.4. The summed E-state index contributed by atoms with van der Waals surface area (Å²) in [7, 11) is 0. The van der Waals surface area contributed by atoms with Crippen LogP contribution in [0.4, 0.5) is 26.3 Å². The molecule has 0 unspecified atom stereocenters. The molecule has 37 heavy (non-hydrogen) atoms. The van der Waals surface area contributed by atoms with Crippen LogP contribution >= 0.6 is 0 Å². The minimum absolute atomic E-state index is 0.0464. The maximum absolute atomic E-state index is 15.0. The number of alkyl halides is 3. The molecule has 7 heteroatoms. The number of aryl methyl sites for hydroxylation is 1. The summed E-state index contributed by atoms with van der Waals surface area (Å²) >= 11 is 0. The fourth-order valence-corrected chi connectivity index (χ4v) is 3.64. The van der Waals surface area contributed by atoms with Crippen molar-refractivity contribution in [1.82, 2.24) is 0 Å². The first kappa shape index (κ1) is 25.7. The summed E-state index contributed by atoms with van der Waals surface area (Å²) in [5.41, 5.74) is 2.47. The van der Waals surface area contributed by atoms with Crippen LogP contribution in [-0.2, 0) is 6.42 Å². The Morgan fingerprint density at radius 3 is 1.97 bits per heavy atom. The van der Waals surface area contributed by atoms with Gasteiger partial charge in [0, 0.05) is 22.1 Å². The molecule has 0 saturated carbocycles. The van der Waals surface area contributed by atoms with Gasteiger partial charge in [-0.2, -0.15) is 0 Å². The highest BCUT2D eigenvalue weighted by molar-refractivity contribution is 5.86. The van der Waals surface area contributed by atoms with Gasteiger partial charge in [0.2, 0.25) is 5.75 Å². The largest absolute Gasteiger partial charge is 0.573 e. The molecule has 0 aliphatic carbocycles. The Kier molecular flexibility index (Phi) is 7.45. The van der Waals surface area contributed by atoms with Crippen molar-refractivity contribution in [3.05, 3.63) is 112 Å². The van der Waals surface area contributed by atoms with Crippen LogP contribution in [0.3, 0.4) is 0 Å². The Balaban J connectivity index is 1.57. The van der Waals surface area contributed by atoms with Gasteiger partial charge in [-0.25, -0.2) is 13.2 Å². The van der Waals surface area contributed by atoms with Crippen LogP contribution in [0.15, 0.2) is 66.7 Å². The van der Waals surface area contributed by atoms with Gasteiger partial charge >= 0.3 is 6.36 Å². The molecular formula is C30H18F6O. The SMILES string of the molecule is CCCc1ccc(C#Cc2ccc3c(F)c(C#Cc4cc(F)c(OC(F)(F)F)c(F)c4)ccc3c2)cc1. The zero-order valence-corrected chi connectivity index (χ0v) is 19.4. The maximum atomic E-state index is 15.0. The lowest BCUT2D eigenvalue weighted by atomic mass is 10.0. The molecular weight excluding hydrogens is 490 g/mol. The van der Waals surface area contributed by atoms with Gasteiger partial charge in [0.15, 0.2) is 11.6 Å². The molecule has 0 saturated heterocycles. The van der Waals surface area contributed by atoms with E-state index < -0.39 is 29.6 Å². The van der Waals surface area contributed by atoms with Crippen molar-refractivity contribution in [1.29, 1.82) is 0 Å². The van der Waals surface area contributed by atoms with Crippen molar-refractivity contribution >= 4 is 10.8 Å². The van der Waals surface area contributed by atoms with E-state index in [0.717, 1.165) is 18.4 Å². The third kappa shape index (κ3) is 6.45. The number of benzene rings is 4. The van der Waals surface area contributed by atoms with E-state index in [1.807, 2.05) is 24.3 Å². The summed E-state index contributed by atoms with van der Waals surface area (Å²) < 4.78 is 83.0. The van der Waals surface area contributed by atoms with E-state index in [9.17, 15) is 22.0 Å². The zero-order chi connectivity index (χ0) is 26.6. The average molecular weight is 508 g/mol. The summed E-state index contributed by atoms with van der Waals surface area (Å²) in [5.74, 6) is 5.61. The predicted octanol–water partition coefficient (Wildman–Crippen LogP) is 7.91. The minimum Gasteiger partial charge on any atom is -0.399 e. The molecule has 0 heterocycles. The Morgan fingerprint density at radius 2 is 1.32 bits per heavy atom. The first-order valence-corrected chi connectivity index (χ1v) is 11.2. The fraction of sp³-hybridized carbons (Fsp3) is 0.133. The number of hydrogen-bond acceptors (Lipinski definition) is 1. The molecule has 4 aromatic rings. The van der Waals surface area contributed by atoms with E-state index in [1.165, 1.54) is 11.6 Å². The van der Waals surface area contributed by atoms with Crippen molar-refractivity contribution in [2.45, 2.75) is 26.1 Å². The van der Waals surface area contributed by atoms with Gasteiger partial charge in [0.25, 0.3) is 0 Å². The van der Waals surface area contributed by atoms with Crippen molar-refractivity contribution in [3.8, 4) is 29.4 Å². The topological polar surface area (TPSA) is 9.23 Å². The fourth-order valence-electron chi connectivity index (χ4n) is 3.64. The second kappa shape index (κ2) is 10.7. The van der Waals surface area contributed by atoms with Crippen LogP contribution in [-0.4, -0.2) is 6.36 Å². The van der Waals surface area contributed by atoms with Crippen molar-refractivity contribution in [3.63, 3.8) is 0 Å². The van der Waals surface area contributed by atoms with Crippen molar-refractivity contribution in [2.24, 2.45) is 0 Å². The third-order valence-electron chi connectivity index (χ3n) is 5.36. The quantitative estimate of drug-likeness (QED) is 0.202. The normalized spacial score (nSPS) is 10.9. The van der Waals surface area contributed by atoms with Crippen molar-refractivity contribution in [2.75, 3.05) is 0 Å². The molecule has 1 nitrogen and oxygen atoms in total. The van der Waals surface area contributed by atoms with Crippen LogP contribution in [0, 0.1) is 41.1 Å². The van der Waals surface area contributed by atoms with E-state index >= 15 is 4.39 Å². The van der Waals surface area contributed by atoms with Gasteiger partial charge in [-0.1, -0.05) is 61.3 Å². The number of hydrogen-bond donors (Lipinski definition) is 0. The number of ether oxygens (including phenoxy) is 1. The minimum atomic E-state index is -5.26. The molecule has 0 atom stereocenters. The maximum Gasteiger partial charge on any atom is 0.573 e. The van der Waals surface area contributed by atoms with Gasteiger partial charge in [0.05, 0.1) is 5.56 Å². The summed E-state index contributed by atoms with van der Waals surface area (Å²) in [5, 5.41) is 0.853. The molecule has 0 amide bonds. The predicted molar refractivity (Wildman–Crippen MR) is 129 cm³/mol. The first-order chi connectivity index (χ1) is 17.6. The Bertz CT molecular complexity index is 1560. The molecule has 0 aromatic heterocycles. The lowest BCUT2D eigenvalue weighted by Crippen LogP contribution is -2.19. The van der Waals surface area contributed by atoms with Crippen LogP contribution in [0.2, 0.25) is 0 Å².